The monoisotopic (exact) mass is 367 g/mol. The second kappa shape index (κ2) is 6.92. The van der Waals surface area contributed by atoms with Crippen molar-refractivity contribution in [2.45, 2.75) is 13.8 Å². The number of rotatable bonds is 3. The molecular weight excluding hydrogens is 346 g/mol. The van der Waals surface area contributed by atoms with Gasteiger partial charge >= 0.3 is 0 Å². The van der Waals surface area contributed by atoms with Gasteiger partial charge in [-0.3, -0.25) is 4.79 Å². The molecule has 1 aliphatic heterocycles. The Balaban J connectivity index is 1.43. The van der Waals surface area contributed by atoms with Gasteiger partial charge in [-0.15, -0.1) is 11.3 Å². The SMILES string of the molecule is Cc1cc(C)n(-c2ccc(C(=O)N3CCN(c4nccs4)CC3)cc2)n1. The number of benzene rings is 1. The van der Waals surface area contributed by atoms with Crippen molar-refractivity contribution >= 4 is 22.4 Å². The second-order valence-electron chi connectivity index (χ2n) is 6.48. The van der Waals surface area contributed by atoms with Crippen LogP contribution in [0.4, 0.5) is 5.13 Å². The molecule has 0 aliphatic carbocycles. The van der Waals surface area contributed by atoms with Crippen LogP contribution in [0.1, 0.15) is 21.7 Å². The molecule has 1 saturated heterocycles. The predicted molar refractivity (Wildman–Crippen MR) is 103 cm³/mol. The molecular formula is C19H21N5OS. The molecule has 2 aromatic heterocycles. The molecule has 7 heteroatoms. The lowest BCUT2D eigenvalue weighted by atomic mass is 10.1. The Morgan fingerprint density at radius 1 is 1.08 bits per heavy atom. The summed E-state index contributed by atoms with van der Waals surface area (Å²) in [6.07, 6.45) is 1.82. The van der Waals surface area contributed by atoms with Gasteiger partial charge < -0.3 is 9.80 Å². The van der Waals surface area contributed by atoms with Crippen molar-refractivity contribution in [3.05, 3.63) is 58.9 Å². The fourth-order valence-corrected chi connectivity index (χ4v) is 3.99. The van der Waals surface area contributed by atoms with Crippen LogP contribution in [-0.4, -0.2) is 51.8 Å². The number of carbonyl (C=O) groups excluding carboxylic acids is 1. The maximum Gasteiger partial charge on any atom is 0.253 e. The number of anilines is 1. The molecule has 0 saturated carbocycles. The van der Waals surface area contributed by atoms with Crippen LogP contribution < -0.4 is 4.90 Å². The van der Waals surface area contributed by atoms with Crippen molar-refractivity contribution in [2.24, 2.45) is 0 Å². The number of piperazine rings is 1. The smallest absolute Gasteiger partial charge is 0.253 e. The zero-order valence-corrected chi connectivity index (χ0v) is 15.7. The molecule has 0 N–H and O–H groups in total. The van der Waals surface area contributed by atoms with Crippen LogP contribution >= 0.6 is 11.3 Å². The normalized spacial score (nSPS) is 14.7. The Hall–Kier alpha value is -2.67. The van der Waals surface area contributed by atoms with E-state index < -0.39 is 0 Å². The second-order valence-corrected chi connectivity index (χ2v) is 7.35. The lowest BCUT2D eigenvalue weighted by Gasteiger charge is -2.34. The predicted octanol–water partition coefficient (Wildman–Crippen LogP) is 2.91. The Morgan fingerprint density at radius 2 is 1.81 bits per heavy atom. The molecule has 1 amide bonds. The molecule has 4 rings (SSSR count). The molecule has 6 nitrogen and oxygen atoms in total. The van der Waals surface area contributed by atoms with E-state index in [1.54, 1.807) is 11.3 Å². The number of carbonyl (C=O) groups is 1. The van der Waals surface area contributed by atoms with Gasteiger partial charge in [-0.1, -0.05) is 0 Å². The first kappa shape index (κ1) is 16.8. The number of hydrogen-bond acceptors (Lipinski definition) is 5. The Labute approximate surface area is 156 Å². The van der Waals surface area contributed by atoms with E-state index in [1.807, 2.05) is 65.3 Å². The van der Waals surface area contributed by atoms with E-state index in [9.17, 15) is 4.79 Å². The summed E-state index contributed by atoms with van der Waals surface area (Å²) < 4.78 is 1.90. The molecule has 0 bridgehead atoms. The quantitative estimate of drug-likeness (QED) is 0.714. The maximum atomic E-state index is 12.8. The largest absolute Gasteiger partial charge is 0.345 e. The third-order valence-corrected chi connectivity index (χ3v) is 5.46. The zero-order valence-electron chi connectivity index (χ0n) is 14.9. The molecule has 0 atom stereocenters. The molecule has 1 aliphatic rings. The third kappa shape index (κ3) is 3.22. The lowest BCUT2D eigenvalue weighted by molar-refractivity contribution is 0.0747. The van der Waals surface area contributed by atoms with Gasteiger partial charge in [-0.2, -0.15) is 5.10 Å². The minimum absolute atomic E-state index is 0.0868. The van der Waals surface area contributed by atoms with Gasteiger partial charge in [0.25, 0.3) is 5.91 Å². The topological polar surface area (TPSA) is 54.3 Å². The Morgan fingerprint density at radius 3 is 2.38 bits per heavy atom. The first-order chi connectivity index (χ1) is 12.6. The highest BCUT2D eigenvalue weighted by molar-refractivity contribution is 7.13. The van der Waals surface area contributed by atoms with Crippen molar-refractivity contribution in [1.82, 2.24) is 19.7 Å². The average molecular weight is 367 g/mol. The molecule has 1 aromatic carbocycles. The van der Waals surface area contributed by atoms with E-state index in [1.165, 1.54) is 0 Å². The molecule has 3 aromatic rings. The summed E-state index contributed by atoms with van der Waals surface area (Å²) in [5, 5.41) is 7.51. The molecule has 1 fully saturated rings. The fraction of sp³-hybridized carbons (Fsp3) is 0.316. The van der Waals surface area contributed by atoms with E-state index in [0.29, 0.717) is 0 Å². The number of aryl methyl sites for hydroxylation is 2. The highest BCUT2D eigenvalue weighted by Gasteiger charge is 2.23. The summed E-state index contributed by atoms with van der Waals surface area (Å²) in [6, 6.07) is 9.74. The zero-order chi connectivity index (χ0) is 18.1. The standard InChI is InChI=1S/C19H21N5OS/c1-14-13-15(2)24(21-14)17-5-3-16(4-6-17)18(25)22-8-10-23(11-9-22)19-20-7-12-26-19/h3-7,12-13H,8-11H2,1-2H3. The van der Waals surface area contributed by atoms with Crippen LogP contribution in [0.15, 0.2) is 41.9 Å². The van der Waals surface area contributed by atoms with Gasteiger partial charge in [-0.25, -0.2) is 9.67 Å². The van der Waals surface area contributed by atoms with Gasteiger partial charge in [0, 0.05) is 49.0 Å². The highest BCUT2D eigenvalue weighted by atomic mass is 32.1. The van der Waals surface area contributed by atoms with E-state index >= 15 is 0 Å². The third-order valence-electron chi connectivity index (χ3n) is 4.63. The van der Waals surface area contributed by atoms with Crippen molar-refractivity contribution < 1.29 is 4.79 Å². The fourth-order valence-electron chi connectivity index (χ4n) is 3.29. The van der Waals surface area contributed by atoms with Crippen LogP contribution in [0.25, 0.3) is 5.69 Å². The van der Waals surface area contributed by atoms with Gasteiger partial charge in [-0.05, 0) is 44.2 Å². The lowest BCUT2D eigenvalue weighted by Crippen LogP contribution is -2.48. The number of amides is 1. The number of hydrogen-bond donors (Lipinski definition) is 0. The van der Waals surface area contributed by atoms with Crippen LogP contribution in [-0.2, 0) is 0 Å². The number of aromatic nitrogens is 3. The van der Waals surface area contributed by atoms with E-state index in [4.69, 9.17) is 0 Å². The summed E-state index contributed by atoms with van der Waals surface area (Å²) in [7, 11) is 0. The summed E-state index contributed by atoms with van der Waals surface area (Å²) in [6.45, 7) is 7.09. The van der Waals surface area contributed by atoms with E-state index in [0.717, 1.165) is 53.9 Å². The molecule has 134 valence electrons. The summed E-state index contributed by atoms with van der Waals surface area (Å²) >= 11 is 1.64. The summed E-state index contributed by atoms with van der Waals surface area (Å²) in [4.78, 5) is 21.3. The highest BCUT2D eigenvalue weighted by Crippen LogP contribution is 2.20. The van der Waals surface area contributed by atoms with Crippen LogP contribution in [0.3, 0.4) is 0 Å². The summed E-state index contributed by atoms with van der Waals surface area (Å²) in [5.41, 5.74) is 3.76. The number of thiazole rings is 1. The van der Waals surface area contributed by atoms with Gasteiger partial charge in [0.05, 0.1) is 11.4 Å². The van der Waals surface area contributed by atoms with Gasteiger partial charge in [0.1, 0.15) is 0 Å². The van der Waals surface area contributed by atoms with Gasteiger partial charge in [0.2, 0.25) is 0 Å². The molecule has 0 unspecified atom stereocenters. The van der Waals surface area contributed by atoms with Crippen LogP contribution in [0, 0.1) is 13.8 Å². The van der Waals surface area contributed by atoms with E-state index in [-0.39, 0.29) is 5.91 Å². The Bertz CT molecular complexity index is 893. The Kier molecular flexibility index (Phi) is 4.46. The van der Waals surface area contributed by atoms with Crippen molar-refractivity contribution in [3.8, 4) is 5.69 Å². The van der Waals surface area contributed by atoms with Crippen molar-refractivity contribution in [2.75, 3.05) is 31.1 Å². The maximum absolute atomic E-state index is 12.8. The molecule has 26 heavy (non-hydrogen) atoms. The van der Waals surface area contributed by atoms with Crippen molar-refractivity contribution in [1.29, 1.82) is 0 Å². The van der Waals surface area contributed by atoms with Gasteiger partial charge in [0.15, 0.2) is 5.13 Å². The molecule has 0 spiro atoms. The first-order valence-corrected chi connectivity index (χ1v) is 9.57. The van der Waals surface area contributed by atoms with Crippen molar-refractivity contribution in [3.63, 3.8) is 0 Å². The van der Waals surface area contributed by atoms with Crippen LogP contribution in [0.2, 0.25) is 0 Å². The number of nitrogens with zero attached hydrogens (tertiary/aromatic N) is 5. The van der Waals surface area contributed by atoms with Crippen LogP contribution in [0.5, 0.6) is 0 Å². The molecule has 3 heterocycles. The summed E-state index contributed by atoms with van der Waals surface area (Å²) in [5.74, 6) is 0.0868. The molecule has 0 radical (unpaired) electrons. The first-order valence-electron chi connectivity index (χ1n) is 8.69. The average Bonchev–Trinajstić information content (AvgIpc) is 3.31. The minimum atomic E-state index is 0.0868. The van der Waals surface area contributed by atoms with E-state index in [2.05, 4.69) is 15.0 Å². The minimum Gasteiger partial charge on any atom is -0.345 e.